The van der Waals surface area contributed by atoms with Gasteiger partial charge in [0.25, 0.3) is 0 Å². The summed E-state index contributed by atoms with van der Waals surface area (Å²) in [6, 6.07) is 0. The molecule has 0 aromatic heterocycles. The van der Waals surface area contributed by atoms with E-state index in [0.29, 0.717) is 5.70 Å². The lowest BCUT2D eigenvalue weighted by molar-refractivity contribution is -0.222. The fraction of sp³-hybridized carbons (Fsp3) is 0.556. The molecule has 0 aliphatic heterocycles. The highest BCUT2D eigenvalue weighted by Gasteiger charge is 2.39. The molecule has 2 unspecified atom stereocenters. The summed E-state index contributed by atoms with van der Waals surface area (Å²) in [5.41, 5.74) is 5.87. The topological polar surface area (TPSA) is 35.2 Å². The summed E-state index contributed by atoms with van der Waals surface area (Å²) >= 11 is 5.72. The maximum absolute atomic E-state index is 12.2. The van der Waals surface area contributed by atoms with E-state index < -0.39 is 18.4 Å². The lowest BCUT2D eigenvalue weighted by Crippen LogP contribution is -2.33. The van der Waals surface area contributed by atoms with Gasteiger partial charge in [-0.25, -0.2) is 0 Å². The van der Waals surface area contributed by atoms with Gasteiger partial charge in [0.1, 0.15) is 0 Å². The summed E-state index contributed by atoms with van der Waals surface area (Å²) < 4.78 is 41.3. The second kappa shape index (κ2) is 4.45. The van der Waals surface area contributed by atoms with Crippen LogP contribution in [0.25, 0.3) is 0 Å². The second-order valence-electron chi connectivity index (χ2n) is 3.28. The van der Waals surface area contributed by atoms with Crippen LogP contribution in [-0.4, -0.2) is 18.4 Å². The van der Waals surface area contributed by atoms with Crippen LogP contribution in [-0.2, 0) is 4.74 Å². The van der Waals surface area contributed by atoms with E-state index in [-0.39, 0.29) is 11.5 Å². The molecule has 15 heavy (non-hydrogen) atoms. The van der Waals surface area contributed by atoms with E-state index in [4.69, 9.17) is 22.1 Å². The van der Waals surface area contributed by atoms with Crippen molar-refractivity contribution in [1.29, 1.82) is 0 Å². The predicted octanol–water partition coefficient (Wildman–Crippen LogP) is 2.69. The number of ether oxygens (including phenoxy) is 1. The van der Waals surface area contributed by atoms with Crippen LogP contribution in [0, 0.1) is 0 Å². The maximum Gasteiger partial charge on any atom is 0.414 e. The molecule has 2 atom stereocenters. The highest BCUT2D eigenvalue weighted by molar-refractivity contribution is 6.30. The van der Waals surface area contributed by atoms with Crippen LogP contribution in [0.5, 0.6) is 0 Å². The van der Waals surface area contributed by atoms with Crippen molar-refractivity contribution in [2.24, 2.45) is 5.73 Å². The fourth-order valence-corrected chi connectivity index (χ4v) is 1.38. The molecule has 0 fully saturated rings. The number of alkyl halides is 3. The molecule has 1 aliphatic carbocycles. The molecule has 0 heterocycles. The lowest BCUT2D eigenvalue weighted by atomic mass is 10.1. The number of hydrogen-bond acceptors (Lipinski definition) is 2. The summed E-state index contributed by atoms with van der Waals surface area (Å²) in [5, 5.41) is 0.200. The first-order valence-corrected chi connectivity index (χ1v) is 4.73. The van der Waals surface area contributed by atoms with Crippen molar-refractivity contribution < 1.29 is 17.9 Å². The Balaban J connectivity index is 2.59. The van der Waals surface area contributed by atoms with E-state index >= 15 is 0 Å². The molecular weight excluding hydrogens is 231 g/mol. The number of rotatable bonds is 2. The van der Waals surface area contributed by atoms with Crippen LogP contribution in [0.4, 0.5) is 13.2 Å². The highest BCUT2D eigenvalue weighted by atomic mass is 35.5. The maximum atomic E-state index is 12.2. The van der Waals surface area contributed by atoms with E-state index in [2.05, 4.69) is 0 Å². The summed E-state index contributed by atoms with van der Waals surface area (Å²) in [4.78, 5) is 0. The van der Waals surface area contributed by atoms with Crippen LogP contribution >= 0.6 is 11.6 Å². The molecule has 1 aliphatic rings. The van der Waals surface area contributed by atoms with Gasteiger partial charge in [-0.05, 0) is 19.4 Å². The minimum Gasteiger partial charge on any atom is -0.399 e. The highest BCUT2D eigenvalue weighted by Crippen LogP contribution is 2.29. The SMILES string of the molecule is CC(OC1CC=C(N)C=C1Cl)C(F)(F)F. The van der Waals surface area contributed by atoms with E-state index in [1.54, 1.807) is 6.08 Å². The van der Waals surface area contributed by atoms with Crippen molar-refractivity contribution in [3.05, 3.63) is 22.9 Å². The van der Waals surface area contributed by atoms with Gasteiger partial charge in [0.2, 0.25) is 0 Å². The Morgan fingerprint density at radius 3 is 2.67 bits per heavy atom. The van der Waals surface area contributed by atoms with Crippen molar-refractivity contribution in [1.82, 2.24) is 0 Å². The predicted molar refractivity (Wildman–Crippen MR) is 51.2 cm³/mol. The van der Waals surface area contributed by atoms with Gasteiger partial charge in [0.05, 0.1) is 6.10 Å². The molecule has 0 saturated heterocycles. The second-order valence-corrected chi connectivity index (χ2v) is 3.71. The average molecular weight is 242 g/mol. The van der Waals surface area contributed by atoms with E-state index in [1.165, 1.54) is 6.08 Å². The Bertz CT molecular complexity index is 298. The summed E-state index contributed by atoms with van der Waals surface area (Å²) in [5.74, 6) is 0. The third-order valence-electron chi connectivity index (χ3n) is 2.01. The van der Waals surface area contributed by atoms with Gasteiger partial charge < -0.3 is 10.5 Å². The molecule has 0 aromatic rings. The van der Waals surface area contributed by atoms with Crippen LogP contribution in [0.3, 0.4) is 0 Å². The molecule has 86 valence electrons. The Hall–Kier alpha value is -0.680. The van der Waals surface area contributed by atoms with E-state index in [1.807, 2.05) is 0 Å². The molecular formula is C9H11ClF3NO. The first-order valence-electron chi connectivity index (χ1n) is 4.35. The first kappa shape index (κ1) is 12.4. The summed E-state index contributed by atoms with van der Waals surface area (Å²) in [6.07, 6.45) is -3.71. The Labute approximate surface area is 90.5 Å². The van der Waals surface area contributed by atoms with Crippen molar-refractivity contribution in [2.45, 2.75) is 31.7 Å². The van der Waals surface area contributed by atoms with Crippen molar-refractivity contribution in [3.63, 3.8) is 0 Å². The molecule has 0 amide bonds. The van der Waals surface area contributed by atoms with Crippen molar-refractivity contribution >= 4 is 11.6 Å². The number of hydrogen-bond donors (Lipinski definition) is 1. The molecule has 0 spiro atoms. The summed E-state index contributed by atoms with van der Waals surface area (Å²) in [6.45, 7) is 0.950. The number of allylic oxidation sites excluding steroid dienone is 1. The van der Waals surface area contributed by atoms with Gasteiger partial charge in [-0.1, -0.05) is 17.7 Å². The molecule has 0 aromatic carbocycles. The average Bonchev–Trinajstić information content (AvgIpc) is 2.08. The smallest absolute Gasteiger partial charge is 0.399 e. The van der Waals surface area contributed by atoms with Crippen LogP contribution in [0.1, 0.15) is 13.3 Å². The number of halogens is 4. The minimum absolute atomic E-state index is 0.200. The Morgan fingerprint density at radius 2 is 2.20 bits per heavy atom. The van der Waals surface area contributed by atoms with E-state index in [9.17, 15) is 13.2 Å². The standard InChI is InChI=1S/C9H11ClF3NO/c1-5(9(11,12)13)15-8-3-2-6(14)4-7(8)10/h2,4-5,8H,3,14H2,1H3. The van der Waals surface area contributed by atoms with Crippen molar-refractivity contribution in [2.75, 3.05) is 0 Å². The normalized spacial score (nSPS) is 24.5. The number of nitrogens with two attached hydrogens (primary N) is 1. The zero-order valence-corrected chi connectivity index (χ0v) is 8.77. The van der Waals surface area contributed by atoms with Gasteiger partial charge in [-0.3, -0.25) is 0 Å². The largest absolute Gasteiger partial charge is 0.414 e. The van der Waals surface area contributed by atoms with E-state index in [0.717, 1.165) is 6.92 Å². The third kappa shape index (κ3) is 3.43. The van der Waals surface area contributed by atoms with Gasteiger partial charge in [-0.2, -0.15) is 13.2 Å². The fourth-order valence-electron chi connectivity index (χ4n) is 1.11. The molecule has 1 rings (SSSR count). The quantitative estimate of drug-likeness (QED) is 0.807. The summed E-state index contributed by atoms with van der Waals surface area (Å²) in [7, 11) is 0. The van der Waals surface area contributed by atoms with Crippen LogP contribution < -0.4 is 5.73 Å². The van der Waals surface area contributed by atoms with Crippen LogP contribution in [0.15, 0.2) is 22.9 Å². The van der Waals surface area contributed by atoms with Crippen molar-refractivity contribution in [3.8, 4) is 0 Å². The Morgan fingerprint density at radius 1 is 1.60 bits per heavy atom. The first-order chi connectivity index (χ1) is 6.80. The molecule has 2 nitrogen and oxygen atoms in total. The van der Waals surface area contributed by atoms with Gasteiger partial charge >= 0.3 is 6.18 Å². The minimum atomic E-state index is -4.37. The third-order valence-corrected chi connectivity index (χ3v) is 2.36. The Kier molecular flexibility index (Phi) is 3.67. The molecule has 2 N–H and O–H groups in total. The van der Waals surface area contributed by atoms with Gasteiger partial charge in [0, 0.05) is 10.7 Å². The molecule has 0 saturated carbocycles. The zero-order valence-electron chi connectivity index (χ0n) is 8.01. The van der Waals surface area contributed by atoms with Crippen LogP contribution in [0.2, 0.25) is 0 Å². The molecule has 0 radical (unpaired) electrons. The lowest BCUT2D eigenvalue weighted by Gasteiger charge is -2.24. The molecule has 6 heteroatoms. The van der Waals surface area contributed by atoms with Gasteiger partial charge in [-0.15, -0.1) is 0 Å². The zero-order chi connectivity index (χ0) is 11.6. The van der Waals surface area contributed by atoms with Gasteiger partial charge in [0.15, 0.2) is 6.10 Å². The monoisotopic (exact) mass is 241 g/mol. The molecule has 0 bridgehead atoms.